The molecule has 0 bridgehead atoms. The minimum absolute atomic E-state index is 0.616. The predicted octanol–water partition coefficient (Wildman–Crippen LogP) is 6.63. The number of hydrogen-bond donors (Lipinski definition) is 2. The lowest BCUT2D eigenvalue weighted by Gasteiger charge is -2.17. The van der Waals surface area contributed by atoms with Crippen LogP contribution in [-0.4, -0.2) is 22.7 Å². The summed E-state index contributed by atoms with van der Waals surface area (Å²) in [7, 11) is 0. The molecule has 4 nitrogen and oxygen atoms in total. The van der Waals surface area contributed by atoms with E-state index in [2.05, 4.69) is 37.0 Å². The first-order chi connectivity index (χ1) is 14.5. The molecule has 2 aromatic carbocycles. The standard InChI is InChI=1S/C26H31NO3/c1-5-8-18-13-20(9-6-2)26(30-7-3)22(14-18)23-16-27-24-11-10-19(15-21(23)24)17(4)12-25(28)29/h10-16,27H,5-9H2,1-4H3,(H,28,29). The minimum atomic E-state index is -0.933. The molecule has 0 spiro atoms. The van der Waals surface area contributed by atoms with Crippen LogP contribution in [0.25, 0.3) is 27.6 Å². The third-order valence-electron chi connectivity index (χ3n) is 5.34. The Morgan fingerprint density at radius 2 is 1.83 bits per heavy atom. The fourth-order valence-corrected chi connectivity index (χ4v) is 4.02. The summed E-state index contributed by atoms with van der Waals surface area (Å²) >= 11 is 0. The van der Waals surface area contributed by atoms with Crippen molar-refractivity contribution in [2.24, 2.45) is 0 Å². The molecule has 0 unspecified atom stereocenters. The van der Waals surface area contributed by atoms with Crippen LogP contribution in [0.3, 0.4) is 0 Å². The number of H-pyrrole nitrogens is 1. The van der Waals surface area contributed by atoms with Gasteiger partial charge in [-0.1, -0.05) is 38.8 Å². The highest BCUT2D eigenvalue weighted by Crippen LogP contribution is 2.40. The van der Waals surface area contributed by atoms with Gasteiger partial charge in [0.25, 0.3) is 0 Å². The molecule has 0 atom stereocenters. The first kappa shape index (κ1) is 21.7. The van der Waals surface area contributed by atoms with Crippen LogP contribution in [0.1, 0.15) is 57.2 Å². The average Bonchev–Trinajstić information content (AvgIpc) is 3.12. The highest BCUT2D eigenvalue weighted by Gasteiger charge is 2.17. The van der Waals surface area contributed by atoms with E-state index in [1.165, 1.54) is 17.2 Å². The number of aryl methyl sites for hydroxylation is 2. The van der Waals surface area contributed by atoms with E-state index in [4.69, 9.17) is 9.84 Å². The zero-order valence-corrected chi connectivity index (χ0v) is 18.3. The molecule has 30 heavy (non-hydrogen) atoms. The van der Waals surface area contributed by atoms with Gasteiger partial charge in [-0.2, -0.15) is 0 Å². The van der Waals surface area contributed by atoms with E-state index in [0.717, 1.165) is 64.6 Å². The summed E-state index contributed by atoms with van der Waals surface area (Å²) < 4.78 is 6.15. The quantitative estimate of drug-likeness (QED) is 0.393. The summed E-state index contributed by atoms with van der Waals surface area (Å²) in [5.41, 5.74) is 7.44. The van der Waals surface area contributed by atoms with Gasteiger partial charge < -0.3 is 14.8 Å². The summed E-state index contributed by atoms with van der Waals surface area (Å²) in [6.45, 7) is 8.86. The number of hydrogen-bond acceptors (Lipinski definition) is 2. The number of ether oxygens (including phenoxy) is 1. The third kappa shape index (κ3) is 4.59. The number of aliphatic carboxylic acids is 1. The Hall–Kier alpha value is -3.01. The smallest absolute Gasteiger partial charge is 0.328 e. The van der Waals surface area contributed by atoms with E-state index in [9.17, 15) is 4.79 Å². The van der Waals surface area contributed by atoms with Gasteiger partial charge in [-0.15, -0.1) is 0 Å². The first-order valence-corrected chi connectivity index (χ1v) is 10.8. The molecule has 4 heteroatoms. The van der Waals surface area contributed by atoms with Crippen LogP contribution in [0, 0.1) is 0 Å². The molecule has 0 saturated carbocycles. The van der Waals surface area contributed by atoms with Gasteiger partial charge in [0.1, 0.15) is 5.75 Å². The van der Waals surface area contributed by atoms with Crippen molar-refractivity contribution in [3.05, 3.63) is 59.3 Å². The Morgan fingerprint density at radius 3 is 2.50 bits per heavy atom. The normalized spacial score (nSPS) is 11.8. The molecule has 0 aliphatic rings. The molecule has 0 aliphatic heterocycles. The number of aromatic amines is 1. The predicted molar refractivity (Wildman–Crippen MR) is 124 cm³/mol. The zero-order chi connectivity index (χ0) is 21.7. The summed E-state index contributed by atoms with van der Waals surface area (Å²) in [6, 6.07) is 10.6. The Labute approximate surface area is 178 Å². The Kier molecular flexibility index (Phi) is 6.99. The molecule has 0 radical (unpaired) electrons. The van der Waals surface area contributed by atoms with E-state index in [0.29, 0.717) is 6.61 Å². The SMILES string of the molecule is CCCc1cc(CCC)c(OCC)c(-c2c[nH]c3ccc(C(C)=CC(=O)O)cc23)c1. The van der Waals surface area contributed by atoms with Gasteiger partial charge in [0, 0.05) is 34.3 Å². The van der Waals surface area contributed by atoms with Gasteiger partial charge in [-0.05, 0) is 67.2 Å². The third-order valence-corrected chi connectivity index (χ3v) is 5.34. The lowest BCUT2D eigenvalue weighted by molar-refractivity contribution is -0.131. The number of aromatic nitrogens is 1. The largest absolute Gasteiger partial charge is 0.493 e. The second-order valence-corrected chi connectivity index (χ2v) is 7.69. The van der Waals surface area contributed by atoms with E-state index in [1.54, 1.807) is 0 Å². The number of benzene rings is 2. The summed E-state index contributed by atoms with van der Waals surface area (Å²) in [6.07, 6.45) is 7.45. The van der Waals surface area contributed by atoms with Crippen LogP contribution in [0.15, 0.2) is 42.6 Å². The van der Waals surface area contributed by atoms with Gasteiger partial charge in [0.15, 0.2) is 0 Å². The zero-order valence-electron chi connectivity index (χ0n) is 18.3. The van der Waals surface area contributed by atoms with Crippen molar-refractivity contribution in [3.63, 3.8) is 0 Å². The number of rotatable bonds is 9. The minimum Gasteiger partial charge on any atom is -0.493 e. The summed E-state index contributed by atoms with van der Waals surface area (Å²) in [4.78, 5) is 14.5. The van der Waals surface area contributed by atoms with Gasteiger partial charge in [-0.3, -0.25) is 0 Å². The molecular formula is C26H31NO3. The fraction of sp³-hybridized carbons (Fsp3) is 0.346. The fourth-order valence-electron chi connectivity index (χ4n) is 4.02. The van der Waals surface area contributed by atoms with Crippen LogP contribution in [0.2, 0.25) is 0 Å². The molecule has 1 heterocycles. The molecule has 2 N–H and O–H groups in total. The lowest BCUT2D eigenvalue weighted by Crippen LogP contribution is -2.01. The Bertz CT molecular complexity index is 1080. The van der Waals surface area contributed by atoms with Gasteiger partial charge in [0.05, 0.1) is 6.61 Å². The topological polar surface area (TPSA) is 62.3 Å². The van der Waals surface area contributed by atoms with Crippen molar-refractivity contribution < 1.29 is 14.6 Å². The lowest BCUT2D eigenvalue weighted by atomic mass is 9.93. The molecule has 158 valence electrons. The van der Waals surface area contributed by atoms with Crippen molar-refractivity contribution in [1.82, 2.24) is 4.98 Å². The number of allylic oxidation sites excluding steroid dienone is 1. The Morgan fingerprint density at radius 1 is 1.07 bits per heavy atom. The number of fused-ring (bicyclic) bond motifs is 1. The maximum absolute atomic E-state index is 11.1. The molecular weight excluding hydrogens is 374 g/mol. The van der Waals surface area contributed by atoms with Gasteiger partial charge in [0.2, 0.25) is 0 Å². The van der Waals surface area contributed by atoms with Gasteiger partial charge >= 0.3 is 5.97 Å². The van der Waals surface area contributed by atoms with E-state index >= 15 is 0 Å². The number of carbonyl (C=O) groups is 1. The van der Waals surface area contributed by atoms with Crippen molar-refractivity contribution in [3.8, 4) is 16.9 Å². The second kappa shape index (κ2) is 9.66. The van der Waals surface area contributed by atoms with Crippen molar-refractivity contribution >= 4 is 22.4 Å². The number of carboxylic acid groups (broad SMARTS) is 1. The molecule has 3 aromatic rings. The molecule has 1 aromatic heterocycles. The van der Waals surface area contributed by atoms with Crippen LogP contribution >= 0.6 is 0 Å². The first-order valence-electron chi connectivity index (χ1n) is 10.8. The van der Waals surface area contributed by atoms with Crippen LogP contribution in [-0.2, 0) is 17.6 Å². The number of nitrogens with one attached hydrogen (secondary N) is 1. The van der Waals surface area contributed by atoms with Crippen LogP contribution in [0.5, 0.6) is 5.75 Å². The van der Waals surface area contributed by atoms with E-state index in [1.807, 2.05) is 32.2 Å². The van der Waals surface area contributed by atoms with E-state index in [-0.39, 0.29) is 0 Å². The van der Waals surface area contributed by atoms with Crippen molar-refractivity contribution in [2.75, 3.05) is 6.61 Å². The average molecular weight is 406 g/mol. The maximum atomic E-state index is 11.1. The number of carboxylic acids is 1. The van der Waals surface area contributed by atoms with Crippen molar-refractivity contribution in [1.29, 1.82) is 0 Å². The van der Waals surface area contributed by atoms with Gasteiger partial charge in [-0.25, -0.2) is 4.79 Å². The molecule has 0 aliphatic carbocycles. The monoisotopic (exact) mass is 405 g/mol. The van der Waals surface area contributed by atoms with Crippen LogP contribution < -0.4 is 4.74 Å². The molecule has 0 saturated heterocycles. The highest BCUT2D eigenvalue weighted by molar-refractivity contribution is 6.00. The van der Waals surface area contributed by atoms with Crippen LogP contribution in [0.4, 0.5) is 0 Å². The maximum Gasteiger partial charge on any atom is 0.328 e. The van der Waals surface area contributed by atoms with Crippen molar-refractivity contribution in [2.45, 2.75) is 53.4 Å². The summed E-state index contributed by atoms with van der Waals surface area (Å²) in [5, 5.41) is 10.2. The molecule has 0 amide bonds. The molecule has 0 fully saturated rings. The molecule has 3 rings (SSSR count). The summed E-state index contributed by atoms with van der Waals surface area (Å²) in [5.74, 6) is 0.0281. The van der Waals surface area contributed by atoms with E-state index < -0.39 is 5.97 Å². The highest BCUT2D eigenvalue weighted by atomic mass is 16.5. The second-order valence-electron chi connectivity index (χ2n) is 7.69. The Balaban J connectivity index is 2.23.